The Morgan fingerprint density at radius 1 is 0.559 bits per heavy atom. The average molecular weight is 503 g/mol. The summed E-state index contributed by atoms with van der Waals surface area (Å²) >= 11 is 11.9. The summed E-state index contributed by atoms with van der Waals surface area (Å²) in [7, 11) is 0. The molecule has 2 aromatic carbocycles. The highest BCUT2D eigenvalue weighted by Crippen LogP contribution is 2.21. The van der Waals surface area contributed by atoms with E-state index in [-0.39, 0.29) is 11.8 Å². The van der Waals surface area contributed by atoms with E-state index in [2.05, 4.69) is 9.80 Å². The molecule has 182 valence electrons. The summed E-state index contributed by atoms with van der Waals surface area (Å²) in [6.45, 7) is 6.25. The molecule has 34 heavy (non-hydrogen) atoms. The van der Waals surface area contributed by atoms with Crippen LogP contribution in [0.5, 0.6) is 0 Å². The molecule has 4 rings (SSSR count). The fraction of sp³-hybridized carbons (Fsp3) is 0.462. The normalized spacial score (nSPS) is 16.6. The van der Waals surface area contributed by atoms with Gasteiger partial charge in [0, 0.05) is 86.6 Å². The van der Waals surface area contributed by atoms with Crippen molar-refractivity contribution in [3.8, 4) is 0 Å². The largest absolute Gasteiger partial charge is 0.368 e. The van der Waals surface area contributed by atoms with Crippen molar-refractivity contribution in [2.24, 2.45) is 0 Å². The van der Waals surface area contributed by atoms with Gasteiger partial charge in [0.25, 0.3) is 0 Å². The maximum atomic E-state index is 12.6. The van der Waals surface area contributed by atoms with Gasteiger partial charge in [-0.25, -0.2) is 0 Å². The highest BCUT2D eigenvalue weighted by atomic mass is 35.5. The highest BCUT2D eigenvalue weighted by Gasteiger charge is 2.23. The Labute approximate surface area is 212 Å². The topological polar surface area (TPSA) is 47.1 Å². The van der Waals surface area contributed by atoms with Gasteiger partial charge in [-0.15, -0.1) is 0 Å². The van der Waals surface area contributed by atoms with Gasteiger partial charge in [-0.05, 0) is 61.4 Å². The van der Waals surface area contributed by atoms with E-state index in [9.17, 15) is 9.59 Å². The molecule has 2 fully saturated rings. The van der Waals surface area contributed by atoms with Gasteiger partial charge in [-0.2, -0.15) is 0 Å². The first-order valence-corrected chi connectivity index (χ1v) is 12.8. The Morgan fingerprint density at radius 3 is 1.21 bits per heavy atom. The zero-order valence-corrected chi connectivity index (χ0v) is 21.0. The molecule has 0 aromatic heterocycles. The molecule has 2 aliphatic rings. The second-order valence-electron chi connectivity index (χ2n) is 8.90. The zero-order valence-electron chi connectivity index (χ0n) is 19.5. The van der Waals surface area contributed by atoms with Crippen LogP contribution >= 0.6 is 23.2 Å². The second kappa shape index (κ2) is 11.8. The standard InChI is InChI=1S/C26H32Cl2N4O2/c27-21-5-9-23(10-6-21)29-13-17-31(18-14-29)25(33)3-1-2-4-26(34)32-19-15-30(16-20-32)24-11-7-22(28)8-12-24/h5-12H,1-4,13-20H2. The summed E-state index contributed by atoms with van der Waals surface area (Å²) < 4.78 is 0. The van der Waals surface area contributed by atoms with Gasteiger partial charge in [0.1, 0.15) is 0 Å². The van der Waals surface area contributed by atoms with Crippen molar-refractivity contribution in [2.75, 3.05) is 62.2 Å². The quantitative estimate of drug-likeness (QED) is 0.521. The third-order valence-electron chi connectivity index (χ3n) is 6.68. The first kappa shape index (κ1) is 24.7. The summed E-state index contributed by atoms with van der Waals surface area (Å²) in [5, 5.41) is 1.47. The van der Waals surface area contributed by atoms with E-state index in [1.54, 1.807) is 0 Å². The van der Waals surface area contributed by atoms with E-state index < -0.39 is 0 Å². The molecule has 0 radical (unpaired) electrons. The van der Waals surface area contributed by atoms with Crippen molar-refractivity contribution in [3.63, 3.8) is 0 Å². The Morgan fingerprint density at radius 2 is 0.882 bits per heavy atom. The summed E-state index contributed by atoms with van der Waals surface area (Å²) in [5.74, 6) is 0.388. The molecule has 2 aliphatic heterocycles. The zero-order chi connectivity index (χ0) is 23.9. The summed E-state index contributed by atoms with van der Waals surface area (Å²) in [6.07, 6.45) is 2.54. The van der Waals surface area contributed by atoms with E-state index in [1.165, 1.54) is 0 Å². The number of carbonyl (C=O) groups is 2. The number of carbonyl (C=O) groups excluding carboxylic acids is 2. The molecule has 8 heteroatoms. The van der Waals surface area contributed by atoms with Gasteiger partial charge in [0.2, 0.25) is 11.8 Å². The maximum Gasteiger partial charge on any atom is 0.222 e. The van der Waals surface area contributed by atoms with Gasteiger partial charge < -0.3 is 19.6 Å². The number of hydrogen-bond acceptors (Lipinski definition) is 4. The number of rotatable bonds is 7. The second-order valence-corrected chi connectivity index (χ2v) is 9.77. The van der Waals surface area contributed by atoms with Crippen LogP contribution in [0.25, 0.3) is 0 Å². The third kappa shape index (κ3) is 6.57. The first-order chi connectivity index (χ1) is 16.5. The molecule has 0 saturated carbocycles. The van der Waals surface area contributed by atoms with Crippen LogP contribution in [0.4, 0.5) is 11.4 Å². The number of nitrogens with zero attached hydrogens (tertiary/aromatic N) is 4. The smallest absolute Gasteiger partial charge is 0.222 e. The third-order valence-corrected chi connectivity index (χ3v) is 7.18. The minimum absolute atomic E-state index is 0.194. The van der Waals surface area contributed by atoms with Crippen LogP contribution in [0.3, 0.4) is 0 Å². The van der Waals surface area contributed by atoms with E-state index in [0.29, 0.717) is 12.8 Å². The maximum absolute atomic E-state index is 12.6. The number of benzene rings is 2. The van der Waals surface area contributed by atoms with Crippen molar-refractivity contribution in [2.45, 2.75) is 25.7 Å². The van der Waals surface area contributed by atoms with E-state index >= 15 is 0 Å². The predicted octanol–water partition coefficient (Wildman–Crippen LogP) is 4.55. The van der Waals surface area contributed by atoms with Gasteiger partial charge in [-0.1, -0.05) is 23.2 Å². The average Bonchev–Trinajstić information content (AvgIpc) is 2.87. The molecule has 0 N–H and O–H groups in total. The molecule has 0 aliphatic carbocycles. The van der Waals surface area contributed by atoms with Gasteiger partial charge in [0.05, 0.1) is 0 Å². The van der Waals surface area contributed by atoms with Crippen LogP contribution in [-0.2, 0) is 9.59 Å². The van der Waals surface area contributed by atoms with E-state index in [4.69, 9.17) is 23.2 Å². The van der Waals surface area contributed by atoms with Crippen LogP contribution in [0.2, 0.25) is 10.0 Å². The Hall–Kier alpha value is -2.44. The lowest BCUT2D eigenvalue weighted by Crippen LogP contribution is -2.49. The number of amides is 2. The van der Waals surface area contributed by atoms with Gasteiger partial charge in [-0.3, -0.25) is 9.59 Å². The molecule has 2 amide bonds. The van der Waals surface area contributed by atoms with Crippen molar-refractivity contribution in [1.29, 1.82) is 0 Å². The van der Waals surface area contributed by atoms with Crippen LogP contribution in [-0.4, -0.2) is 74.0 Å². The number of halogens is 2. The van der Waals surface area contributed by atoms with Crippen molar-refractivity contribution in [3.05, 3.63) is 58.6 Å². The highest BCUT2D eigenvalue weighted by molar-refractivity contribution is 6.30. The van der Waals surface area contributed by atoms with E-state index in [1.807, 2.05) is 58.3 Å². The first-order valence-electron chi connectivity index (χ1n) is 12.1. The Kier molecular flexibility index (Phi) is 8.57. The lowest BCUT2D eigenvalue weighted by atomic mass is 10.1. The molecular formula is C26H32Cl2N4O2. The minimum atomic E-state index is 0.194. The van der Waals surface area contributed by atoms with Crippen LogP contribution in [0, 0.1) is 0 Å². The molecule has 6 nitrogen and oxygen atoms in total. The number of piperazine rings is 2. The summed E-state index contributed by atoms with van der Waals surface area (Å²) in [5.41, 5.74) is 2.29. The molecule has 0 spiro atoms. The number of anilines is 2. The van der Waals surface area contributed by atoms with Crippen LogP contribution < -0.4 is 9.80 Å². The Bertz CT molecular complexity index is 872. The molecule has 0 atom stereocenters. The molecule has 0 bridgehead atoms. The predicted molar refractivity (Wildman–Crippen MR) is 139 cm³/mol. The van der Waals surface area contributed by atoms with Crippen LogP contribution in [0.15, 0.2) is 48.5 Å². The van der Waals surface area contributed by atoms with E-state index in [0.717, 1.165) is 86.6 Å². The fourth-order valence-corrected chi connectivity index (χ4v) is 4.85. The van der Waals surface area contributed by atoms with Crippen LogP contribution in [0.1, 0.15) is 25.7 Å². The Balaban J connectivity index is 1.10. The fourth-order valence-electron chi connectivity index (χ4n) is 4.60. The summed E-state index contributed by atoms with van der Waals surface area (Å²) in [6, 6.07) is 15.7. The lowest BCUT2D eigenvalue weighted by molar-refractivity contribution is -0.133. The van der Waals surface area contributed by atoms with Gasteiger partial charge >= 0.3 is 0 Å². The molecular weight excluding hydrogens is 471 g/mol. The SMILES string of the molecule is O=C(CCCCC(=O)N1CCN(c2ccc(Cl)cc2)CC1)N1CCN(c2ccc(Cl)cc2)CC1. The molecule has 2 aromatic rings. The molecule has 2 heterocycles. The molecule has 0 unspecified atom stereocenters. The monoisotopic (exact) mass is 502 g/mol. The van der Waals surface area contributed by atoms with Crippen molar-refractivity contribution < 1.29 is 9.59 Å². The van der Waals surface area contributed by atoms with Crippen molar-refractivity contribution >= 4 is 46.4 Å². The van der Waals surface area contributed by atoms with Crippen molar-refractivity contribution in [1.82, 2.24) is 9.80 Å². The minimum Gasteiger partial charge on any atom is -0.368 e. The lowest BCUT2D eigenvalue weighted by Gasteiger charge is -2.36. The number of unbranched alkanes of at least 4 members (excludes halogenated alkanes) is 1. The summed E-state index contributed by atoms with van der Waals surface area (Å²) in [4.78, 5) is 33.7. The van der Waals surface area contributed by atoms with Gasteiger partial charge in [0.15, 0.2) is 0 Å². The number of hydrogen-bond donors (Lipinski definition) is 0. The molecule has 2 saturated heterocycles.